The van der Waals surface area contributed by atoms with E-state index in [0.29, 0.717) is 11.8 Å². The van der Waals surface area contributed by atoms with E-state index >= 15 is 0 Å². The quantitative estimate of drug-likeness (QED) is 0.493. The Morgan fingerprint density at radius 1 is 0.947 bits per heavy atom. The highest BCUT2D eigenvalue weighted by molar-refractivity contribution is 7.89. The predicted octanol–water partition coefficient (Wildman–Crippen LogP) is 3.41. The van der Waals surface area contributed by atoms with Crippen LogP contribution in [0, 0.1) is 11.8 Å². The fourth-order valence-corrected chi connectivity index (χ4v) is 5.86. The Hall–Kier alpha value is -2.99. The third kappa shape index (κ3) is 6.52. The largest absolute Gasteiger partial charge is 0.452 e. The summed E-state index contributed by atoms with van der Waals surface area (Å²) in [7, 11) is -4.13. The number of nitrogens with zero attached hydrogens (tertiary/aromatic N) is 1. The fraction of sp³-hybridized carbons (Fsp3) is 0.500. The number of fused-ring (bicyclic) bond motifs is 1. The third-order valence-electron chi connectivity index (χ3n) is 6.61. The summed E-state index contributed by atoms with van der Waals surface area (Å²) >= 11 is 0. The number of benzene rings is 2. The molecule has 1 fully saturated rings. The monoisotopic (exact) mass is 555 g/mol. The van der Waals surface area contributed by atoms with E-state index in [1.807, 2.05) is 12.1 Å². The Bertz CT molecular complexity index is 1310. The smallest absolute Gasteiger partial charge is 0.344 e. The summed E-state index contributed by atoms with van der Waals surface area (Å²) in [6.45, 7) is 6.17. The van der Waals surface area contributed by atoms with Crippen molar-refractivity contribution in [1.82, 2.24) is 14.9 Å². The molecule has 1 saturated heterocycles. The van der Waals surface area contributed by atoms with Crippen LogP contribution in [-0.2, 0) is 24.4 Å². The number of carbonyl (C=O) groups is 3. The van der Waals surface area contributed by atoms with Gasteiger partial charge in [-0.25, -0.2) is 8.42 Å². The number of nitrogens with one attached hydrogen (secondary N) is 2. The van der Waals surface area contributed by atoms with Crippen molar-refractivity contribution in [3.63, 3.8) is 0 Å². The van der Waals surface area contributed by atoms with Gasteiger partial charge in [-0.05, 0) is 47.6 Å². The number of hydrogen-bond acceptors (Lipinski definition) is 5. The van der Waals surface area contributed by atoms with Crippen LogP contribution in [0.3, 0.4) is 0 Å². The van der Waals surface area contributed by atoms with Crippen molar-refractivity contribution < 1.29 is 36.0 Å². The van der Waals surface area contributed by atoms with Crippen molar-refractivity contribution in [2.75, 3.05) is 6.54 Å². The first-order valence-corrected chi connectivity index (χ1v) is 13.8. The molecule has 2 amide bonds. The lowest BCUT2D eigenvalue weighted by atomic mass is 9.98. The van der Waals surface area contributed by atoms with Gasteiger partial charge in [0.25, 0.3) is 5.78 Å². The molecule has 2 N–H and O–H groups in total. The summed E-state index contributed by atoms with van der Waals surface area (Å²) < 4.78 is 68.0. The van der Waals surface area contributed by atoms with Gasteiger partial charge >= 0.3 is 6.18 Å². The molecule has 0 saturated carbocycles. The summed E-state index contributed by atoms with van der Waals surface area (Å²) in [6.07, 6.45) is -4.56. The molecule has 0 radical (unpaired) electrons. The van der Waals surface area contributed by atoms with Gasteiger partial charge in [0, 0.05) is 6.54 Å². The normalized spacial score (nSPS) is 18.1. The first-order chi connectivity index (χ1) is 17.6. The summed E-state index contributed by atoms with van der Waals surface area (Å²) in [6, 6.07) is 7.64. The molecule has 0 bridgehead atoms. The zero-order valence-corrected chi connectivity index (χ0v) is 22.4. The zero-order valence-electron chi connectivity index (χ0n) is 21.6. The minimum atomic E-state index is -5.13. The topological polar surface area (TPSA) is 113 Å². The molecular formula is C26H32F3N3O5S. The van der Waals surface area contributed by atoms with Gasteiger partial charge < -0.3 is 10.2 Å². The first kappa shape index (κ1) is 29.6. The molecule has 0 spiro atoms. The maximum atomic E-state index is 13.5. The average molecular weight is 556 g/mol. The van der Waals surface area contributed by atoms with Crippen molar-refractivity contribution in [2.24, 2.45) is 11.8 Å². The van der Waals surface area contributed by atoms with Gasteiger partial charge in [-0.1, -0.05) is 58.0 Å². The molecular weight excluding hydrogens is 523 g/mol. The van der Waals surface area contributed by atoms with Crippen molar-refractivity contribution in [1.29, 1.82) is 0 Å². The molecule has 2 aromatic rings. The Morgan fingerprint density at radius 3 is 2.13 bits per heavy atom. The highest BCUT2D eigenvalue weighted by Gasteiger charge is 2.46. The second-order valence-corrected chi connectivity index (χ2v) is 11.8. The van der Waals surface area contributed by atoms with E-state index < -0.39 is 63.8 Å². The molecule has 208 valence electrons. The number of alkyl halides is 3. The van der Waals surface area contributed by atoms with E-state index in [0.717, 1.165) is 5.39 Å². The second kappa shape index (κ2) is 11.4. The van der Waals surface area contributed by atoms with Crippen LogP contribution in [0.15, 0.2) is 47.4 Å². The van der Waals surface area contributed by atoms with E-state index in [-0.39, 0.29) is 17.9 Å². The molecule has 2 aromatic carbocycles. The van der Waals surface area contributed by atoms with Gasteiger partial charge in [0.2, 0.25) is 21.8 Å². The number of ketones is 1. The number of halogens is 3. The minimum Gasteiger partial charge on any atom is -0.344 e. The second-order valence-electron chi connectivity index (χ2n) is 10.1. The molecule has 3 rings (SSSR count). The van der Waals surface area contributed by atoms with Crippen LogP contribution < -0.4 is 10.0 Å². The van der Waals surface area contributed by atoms with Crippen LogP contribution in [0.5, 0.6) is 0 Å². The molecule has 1 aliphatic rings. The van der Waals surface area contributed by atoms with Crippen LogP contribution in [0.4, 0.5) is 13.2 Å². The van der Waals surface area contributed by atoms with E-state index in [9.17, 15) is 36.0 Å². The van der Waals surface area contributed by atoms with Crippen molar-refractivity contribution in [3.8, 4) is 0 Å². The number of rotatable bonds is 9. The molecule has 1 heterocycles. The molecule has 0 aromatic heterocycles. The van der Waals surface area contributed by atoms with Gasteiger partial charge in [0.1, 0.15) is 12.1 Å². The molecule has 2 unspecified atom stereocenters. The van der Waals surface area contributed by atoms with Crippen LogP contribution in [0.2, 0.25) is 0 Å². The standard InChI is InChI=1S/C26H32F3N3O5S/c1-15(2)21(23(33)26(27,28)29)30-24(34)20-10-7-13-32(20)25(35)22(16(3)4)31-38(36,37)19-12-11-17-8-5-6-9-18(17)14-19/h5-6,8-9,11-12,14-16,20-22,31H,7,10,13H2,1-4H3,(H,30,34)/t20?,21?,22-/m0/s1. The van der Waals surface area contributed by atoms with Crippen molar-refractivity contribution >= 4 is 38.4 Å². The molecule has 0 aliphatic carbocycles. The van der Waals surface area contributed by atoms with Crippen LogP contribution >= 0.6 is 0 Å². The Labute approximate surface area is 220 Å². The van der Waals surface area contributed by atoms with Gasteiger partial charge in [0.15, 0.2) is 0 Å². The van der Waals surface area contributed by atoms with Crippen LogP contribution in [0.1, 0.15) is 40.5 Å². The zero-order chi connectivity index (χ0) is 28.4. The minimum absolute atomic E-state index is 0.0317. The van der Waals surface area contributed by atoms with E-state index in [1.54, 1.807) is 32.0 Å². The van der Waals surface area contributed by atoms with Gasteiger partial charge in [-0.15, -0.1) is 0 Å². The Morgan fingerprint density at radius 2 is 1.55 bits per heavy atom. The SMILES string of the molecule is CC(C)C(NC(=O)C1CCCN1C(=O)[C@@H](NS(=O)(=O)c1ccc2ccccc2c1)C(C)C)C(=O)C(F)(F)F. The molecule has 12 heteroatoms. The van der Waals surface area contributed by atoms with Crippen molar-refractivity contribution in [3.05, 3.63) is 42.5 Å². The van der Waals surface area contributed by atoms with Crippen LogP contribution in [-0.4, -0.2) is 61.8 Å². The summed E-state index contributed by atoms with van der Waals surface area (Å²) in [4.78, 5) is 39.5. The van der Waals surface area contributed by atoms with Gasteiger partial charge in [-0.2, -0.15) is 17.9 Å². The highest BCUT2D eigenvalue weighted by atomic mass is 32.2. The van der Waals surface area contributed by atoms with Crippen molar-refractivity contribution in [2.45, 2.75) is 69.7 Å². The van der Waals surface area contributed by atoms with Gasteiger partial charge in [-0.3, -0.25) is 14.4 Å². The summed E-state index contributed by atoms with van der Waals surface area (Å²) in [5.74, 6) is -4.95. The maximum Gasteiger partial charge on any atom is 0.452 e. The summed E-state index contributed by atoms with van der Waals surface area (Å²) in [5.41, 5.74) is 0. The van der Waals surface area contributed by atoms with Crippen LogP contribution in [0.25, 0.3) is 10.8 Å². The van der Waals surface area contributed by atoms with E-state index in [1.165, 1.54) is 30.9 Å². The number of carbonyl (C=O) groups excluding carboxylic acids is 3. The Balaban J connectivity index is 1.81. The van der Waals surface area contributed by atoms with E-state index in [4.69, 9.17) is 0 Å². The number of sulfonamides is 1. The molecule has 3 atom stereocenters. The number of hydrogen-bond donors (Lipinski definition) is 2. The highest BCUT2D eigenvalue weighted by Crippen LogP contribution is 2.25. The molecule has 8 nitrogen and oxygen atoms in total. The number of amides is 2. The van der Waals surface area contributed by atoms with Gasteiger partial charge in [0.05, 0.1) is 10.9 Å². The lowest BCUT2D eigenvalue weighted by Crippen LogP contribution is -2.58. The van der Waals surface area contributed by atoms with E-state index in [2.05, 4.69) is 10.0 Å². The number of likely N-dealkylation sites (tertiary alicyclic amines) is 1. The molecule has 1 aliphatic heterocycles. The lowest BCUT2D eigenvalue weighted by Gasteiger charge is -2.31. The third-order valence-corrected chi connectivity index (χ3v) is 8.05. The fourth-order valence-electron chi connectivity index (χ4n) is 4.48. The first-order valence-electron chi connectivity index (χ1n) is 12.4. The Kier molecular flexibility index (Phi) is 8.87. The summed E-state index contributed by atoms with van der Waals surface area (Å²) in [5, 5.41) is 3.71. The molecule has 38 heavy (non-hydrogen) atoms. The lowest BCUT2D eigenvalue weighted by molar-refractivity contribution is -0.175. The average Bonchev–Trinajstić information content (AvgIpc) is 3.34. The maximum absolute atomic E-state index is 13.5. The predicted molar refractivity (Wildman–Crippen MR) is 135 cm³/mol. The number of Topliss-reactive ketones (excluding diaryl/α,β-unsaturated/α-hetero) is 1.